The molecular formula is C18H22N8. The number of anilines is 1. The minimum atomic E-state index is 0.592. The van der Waals surface area contributed by atoms with Crippen molar-refractivity contribution in [2.45, 2.75) is 6.42 Å². The fourth-order valence-electron chi connectivity index (χ4n) is 3.09. The van der Waals surface area contributed by atoms with E-state index in [1.807, 2.05) is 30.3 Å². The third-order valence-electron chi connectivity index (χ3n) is 4.50. The molecule has 3 N–H and O–H groups in total. The van der Waals surface area contributed by atoms with Gasteiger partial charge in [-0.05, 0) is 18.2 Å². The molecule has 0 bridgehead atoms. The highest BCUT2D eigenvalue weighted by molar-refractivity contribution is 5.78. The Labute approximate surface area is 151 Å². The molecule has 1 aromatic carbocycles. The average molecular weight is 350 g/mol. The predicted molar refractivity (Wildman–Crippen MR) is 102 cm³/mol. The highest BCUT2D eigenvalue weighted by Crippen LogP contribution is 2.11. The van der Waals surface area contributed by atoms with E-state index in [4.69, 9.17) is 5.73 Å². The molecule has 0 saturated carbocycles. The molecule has 8 heteroatoms. The monoisotopic (exact) mass is 350 g/mol. The fourth-order valence-corrected chi connectivity index (χ4v) is 3.09. The van der Waals surface area contributed by atoms with Crippen LogP contribution in [0.4, 0.5) is 5.95 Å². The smallest absolute Gasteiger partial charge is 0.225 e. The zero-order chi connectivity index (χ0) is 17.8. The summed E-state index contributed by atoms with van der Waals surface area (Å²) in [6.45, 7) is 3.93. The molecule has 3 aromatic rings. The van der Waals surface area contributed by atoms with Gasteiger partial charge in [0.1, 0.15) is 5.82 Å². The first kappa shape index (κ1) is 16.3. The maximum absolute atomic E-state index is 6.17. The van der Waals surface area contributed by atoms with E-state index in [-0.39, 0.29) is 0 Å². The number of rotatable bonds is 4. The van der Waals surface area contributed by atoms with Crippen molar-refractivity contribution in [3.05, 3.63) is 48.5 Å². The van der Waals surface area contributed by atoms with Crippen LogP contribution in [0.2, 0.25) is 0 Å². The molecule has 4 rings (SSSR count). The van der Waals surface area contributed by atoms with Gasteiger partial charge in [0, 0.05) is 51.5 Å². The number of para-hydroxylation sites is 2. The third-order valence-corrected chi connectivity index (χ3v) is 4.50. The standard InChI is InChI=1S/C18H22N8/c19-17(20-9-6-16-23-14-4-1-2-5-15(14)24-16)25-10-12-26(13-11-25)18-21-7-3-8-22-18/h1-5,7-8H,6,9-13H2,(H2,19,20)(H,23,24). The van der Waals surface area contributed by atoms with Crippen LogP contribution in [0.5, 0.6) is 0 Å². The molecule has 1 aliphatic heterocycles. The van der Waals surface area contributed by atoms with Crippen molar-refractivity contribution in [1.82, 2.24) is 24.8 Å². The molecule has 3 heterocycles. The molecule has 8 nitrogen and oxygen atoms in total. The first-order chi connectivity index (χ1) is 12.8. The summed E-state index contributed by atoms with van der Waals surface area (Å²) in [5.74, 6) is 2.30. The molecule has 0 atom stereocenters. The van der Waals surface area contributed by atoms with E-state index >= 15 is 0 Å². The van der Waals surface area contributed by atoms with Gasteiger partial charge in [0.15, 0.2) is 5.96 Å². The molecule has 26 heavy (non-hydrogen) atoms. The average Bonchev–Trinajstić information content (AvgIpc) is 3.11. The summed E-state index contributed by atoms with van der Waals surface area (Å²) in [7, 11) is 0. The first-order valence-electron chi connectivity index (χ1n) is 8.80. The number of hydrogen-bond donors (Lipinski definition) is 2. The number of nitrogens with two attached hydrogens (primary N) is 1. The van der Waals surface area contributed by atoms with Crippen LogP contribution in [0.3, 0.4) is 0 Å². The normalized spacial score (nSPS) is 15.6. The molecule has 0 radical (unpaired) electrons. The number of guanidine groups is 1. The van der Waals surface area contributed by atoms with Gasteiger partial charge in [-0.15, -0.1) is 0 Å². The number of H-pyrrole nitrogens is 1. The Balaban J connectivity index is 1.29. The third kappa shape index (κ3) is 3.58. The number of fused-ring (bicyclic) bond motifs is 1. The molecule has 1 saturated heterocycles. The SMILES string of the molecule is NC(=NCCc1nc2ccccc2[nH]1)N1CCN(c2ncccn2)CC1. The molecule has 2 aromatic heterocycles. The number of imidazole rings is 1. The van der Waals surface area contributed by atoms with E-state index in [9.17, 15) is 0 Å². The van der Waals surface area contributed by atoms with Crippen molar-refractivity contribution < 1.29 is 0 Å². The second-order valence-electron chi connectivity index (χ2n) is 6.21. The van der Waals surface area contributed by atoms with E-state index in [2.05, 4.69) is 34.7 Å². The summed E-state index contributed by atoms with van der Waals surface area (Å²) in [6.07, 6.45) is 4.28. The molecule has 134 valence electrons. The largest absolute Gasteiger partial charge is 0.370 e. The summed E-state index contributed by atoms with van der Waals surface area (Å²) in [6, 6.07) is 9.85. The van der Waals surface area contributed by atoms with Crippen LogP contribution in [0.1, 0.15) is 5.82 Å². The lowest BCUT2D eigenvalue weighted by Gasteiger charge is -2.35. The van der Waals surface area contributed by atoms with E-state index < -0.39 is 0 Å². The maximum atomic E-state index is 6.17. The van der Waals surface area contributed by atoms with Gasteiger partial charge in [0.05, 0.1) is 11.0 Å². The van der Waals surface area contributed by atoms with Gasteiger partial charge >= 0.3 is 0 Å². The van der Waals surface area contributed by atoms with Gasteiger partial charge in [-0.3, -0.25) is 4.99 Å². The number of nitrogens with one attached hydrogen (secondary N) is 1. The number of piperazine rings is 1. The quantitative estimate of drug-likeness (QED) is 0.539. The first-order valence-corrected chi connectivity index (χ1v) is 8.80. The minimum absolute atomic E-state index is 0.592. The fraction of sp³-hybridized carbons (Fsp3) is 0.333. The Morgan fingerprint density at radius 1 is 1.08 bits per heavy atom. The lowest BCUT2D eigenvalue weighted by molar-refractivity contribution is 0.378. The summed E-state index contributed by atoms with van der Waals surface area (Å²) in [4.78, 5) is 25.3. The van der Waals surface area contributed by atoms with Crippen LogP contribution in [-0.2, 0) is 6.42 Å². The Bertz CT molecular complexity index is 847. The van der Waals surface area contributed by atoms with Crippen molar-refractivity contribution in [3.8, 4) is 0 Å². The molecule has 0 aliphatic carbocycles. The molecule has 1 aliphatic rings. The number of aromatic amines is 1. The minimum Gasteiger partial charge on any atom is -0.370 e. The maximum Gasteiger partial charge on any atom is 0.225 e. The van der Waals surface area contributed by atoms with Gasteiger partial charge in [-0.25, -0.2) is 15.0 Å². The Morgan fingerprint density at radius 2 is 1.85 bits per heavy atom. The van der Waals surface area contributed by atoms with Gasteiger partial charge in [-0.2, -0.15) is 0 Å². The van der Waals surface area contributed by atoms with Crippen LogP contribution in [0, 0.1) is 0 Å². The Morgan fingerprint density at radius 3 is 2.62 bits per heavy atom. The van der Waals surface area contributed by atoms with Crippen LogP contribution >= 0.6 is 0 Å². The summed E-state index contributed by atoms with van der Waals surface area (Å²) in [5, 5.41) is 0. The lowest BCUT2D eigenvalue weighted by atomic mass is 10.3. The molecule has 1 fully saturated rings. The number of aromatic nitrogens is 4. The molecule has 0 spiro atoms. The van der Waals surface area contributed by atoms with E-state index in [0.29, 0.717) is 12.5 Å². The van der Waals surface area contributed by atoms with Gasteiger partial charge < -0.3 is 20.5 Å². The van der Waals surface area contributed by atoms with Crippen LogP contribution in [0.25, 0.3) is 11.0 Å². The zero-order valence-electron chi connectivity index (χ0n) is 14.5. The second-order valence-corrected chi connectivity index (χ2v) is 6.21. The van der Waals surface area contributed by atoms with Crippen molar-refractivity contribution in [2.24, 2.45) is 10.7 Å². The lowest BCUT2D eigenvalue weighted by Crippen LogP contribution is -2.51. The number of nitrogens with zero attached hydrogens (tertiary/aromatic N) is 6. The van der Waals surface area contributed by atoms with E-state index in [0.717, 1.165) is 55.4 Å². The predicted octanol–water partition coefficient (Wildman–Crippen LogP) is 1.03. The van der Waals surface area contributed by atoms with Crippen LogP contribution in [-0.4, -0.2) is 63.5 Å². The number of aliphatic imine (C=N–C) groups is 1. The van der Waals surface area contributed by atoms with Crippen LogP contribution < -0.4 is 10.6 Å². The van der Waals surface area contributed by atoms with E-state index in [1.165, 1.54) is 0 Å². The van der Waals surface area contributed by atoms with Crippen LogP contribution in [0.15, 0.2) is 47.7 Å². The van der Waals surface area contributed by atoms with Crippen molar-refractivity contribution in [1.29, 1.82) is 0 Å². The highest BCUT2D eigenvalue weighted by Gasteiger charge is 2.19. The van der Waals surface area contributed by atoms with Gasteiger partial charge in [0.2, 0.25) is 5.95 Å². The second kappa shape index (κ2) is 7.38. The van der Waals surface area contributed by atoms with Crippen molar-refractivity contribution in [2.75, 3.05) is 37.6 Å². The molecule has 0 amide bonds. The van der Waals surface area contributed by atoms with Gasteiger partial charge in [-0.1, -0.05) is 12.1 Å². The van der Waals surface area contributed by atoms with Gasteiger partial charge in [0.25, 0.3) is 0 Å². The summed E-state index contributed by atoms with van der Waals surface area (Å²) < 4.78 is 0. The molecule has 0 unspecified atom stereocenters. The zero-order valence-corrected chi connectivity index (χ0v) is 14.5. The Kier molecular flexibility index (Phi) is 4.63. The summed E-state index contributed by atoms with van der Waals surface area (Å²) >= 11 is 0. The van der Waals surface area contributed by atoms with Crippen molar-refractivity contribution in [3.63, 3.8) is 0 Å². The number of hydrogen-bond acceptors (Lipinski definition) is 5. The van der Waals surface area contributed by atoms with Crippen molar-refractivity contribution >= 4 is 22.9 Å². The number of benzene rings is 1. The molecular weight excluding hydrogens is 328 g/mol. The topological polar surface area (TPSA) is 99.3 Å². The summed E-state index contributed by atoms with van der Waals surface area (Å²) in [5.41, 5.74) is 8.21. The van der Waals surface area contributed by atoms with E-state index in [1.54, 1.807) is 12.4 Å². The highest BCUT2D eigenvalue weighted by atomic mass is 15.3. The Hall–Kier alpha value is -3.16.